The number of benzene rings is 2. The van der Waals surface area contributed by atoms with Crippen LogP contribution in [0.5, 0.6) is 0 Å². The Morgan fingerprint density at radius 1 is 1.06 bits per heavy atom. The van der Waals surface area contributed by atoms with Crippen molar-refractivity contribution in [3.8, 4) is 0 Å². The molecule has 2 saturated heterocycles. The van der Waals surface area contributed by atoms with Crippen LogP contribution in [0.25, 0.3) is 0 Å². The average molecular weight is 700 g/mol. The normalized spacial score (nSPS) is 19.4. The van der Waals surface area contributed by atoms with Crippen LogP contribution in [0.2, 0.25) is 5.02 Å². The number of nitrogens with one attached hydrogen (secondary N) is 3. The number of amides is 3. The van der Waals surface area contributed by atoms with Crippen LogP contribution in [0.4, 0.5) is 17.6 Å². The topological polar surface area (TPSA) is 131 Å². The Morgan fingerprint density at radius 2 is 1.73 bits per heavy atom. The molecule has 15 heteroatoms. The summed E-state index contributed by atoms with van der Waals surface area (Å²) in [4.78, 5) is 53.1. The van der Waals surface area contributed by atoms with Crippen molar-refractivity contribution in [3.63, 3.8) is 0 Å². The van der Waals surface area contributed by atoms with E-state index in [0.29, 0.717) is 31.1 Å². The van der Waals surface area contributed by atoms with Gasteiger partial charge in [0.25, 0.3) is 0 Å². The van der Waals surface area contributed by atoms with Gasteiger partial charge in [-0.3, -0.25) is 19.3 Å². The van der Waals surface area contributed by atoms with Gasteiger partial charge in [-0.25, -0.2) is 9.18 Å². The maximum absolute atomic E-state index is 14.1. The third kappa shape index (κ3) is 11.2. The van der Waals surface area contributed by atoms with Crippen LogP contribution < -0.4 is 16.0 Å². The predicted molar refractivity (Wildman–Crippen MR) is 172 cm³/mol. The molecule has 2 heterocycles. The minimum absolute atomic E-state index is 0.0922. The smallest absolute Gasteiger partial charge is 0.475 e. The lowest BCUT2D eigenvalue weighted by Gasteiger charge is -2.45. The van der Waals surface area contributed by atoms with E-state index in [0.717, 1.165) is 43.4 Å². The van der Waals surface area contributed by atoms with Gasteiger partial charge in [-0.1, -0.05) is 55.3 Å². The van der Waals surface area contributed by atoms with Gasteiger partial charge in [-0.15, -0.1) is 0 Å². The Balaban J connectivity index is 0.000000804. The lowest BCUT2D eigenvalue weighted by atomic mass is 9.98. The summed E-state index contributed by atoms with van der Waals surface area (Å²) >= 11 is 6.43. The highest BCUT2D eigenvalue weighted by molar-refractivity contribution is 6.31. The first kappa shape index (κ1) is 38.7. The number of carbonyl (C=O) groups is 4. The summed E-state index contributed by atoms with van der Waals surface area (Å²) in [5.41, 5.74) is 1.67. The molecule has 48 heavy (non-hydrogen) atoms. The second kappa shape index (κ2) is 18.1. The molecule has 4 rings (SSSR count). The summed E-state index contributed by atoms with van der Waals surface area (Å²) in [5.74, 6) is -3.54. The highest BCUT2D eigenvalue weighted by Crippen LogP contribution is 2.24. The minimum atomic E-state index is -5.08. The van der Waals surface area contributed by atoms with Crippen LogP contribution in [-0.2, 0) is 32.0 Å². The van der Waals surface area contributed by atoms with Crippen molar-refractivity contribution in [1.29, 1.82) is 0 Å². The number of nitrogens with zero attached hydrogens (tertiary/aromatic N) is 2. The van der Waals surface area contributed by atoms with Crippen LogP contribution in [0, 0.1) is 5.82 Å². The fourth-order valence-corrected chi connectivity index (χ4v) is 6.11. The highest BCUT2D eigenvalue weighted by atomic mass is 35.5. The van der Waals surface area contributed by atoms with Gasteiger partial charge in [0.1, 0.15) is 11.9 Å². The molecule has 0 aliphatic carbocycles. The first-order valence-corrected chi connectivity index (χ1v) is 16.2. The van der Waals surface area contributed by atoms with Crippen LogP contribution in [0.3, 0.4) is 0 Å². The lowest BCUT2D eigenvalue weighted by Crippen LogP contribution is -2.63. The summed E-state index contributed by atoms with van der Waals surface area (Å²) in [6.45, 7) is 4.32. The van der Waals surface area contributed by atoms with Crippen LogP contribution in [0.1, 0.15) is 43.7 Å². The molecule has 2 aliphatic rings. The number of alkyl halides is 3. The number of carboxylic acid groups (broad SMARTS) is 1. The van der Waals surface area contributed by atoms with E-state index < -0.39 is 24.2 Å². The monoisotopic (exact) mass is 699 g/mol. The van der Waals surface area contributed by atoms with Crippen molar-refractivity contribution in [2.45, 2.75) is 75.8 Å². The Bertz CT molecular complexity index is 1390. The largest absolute Gasteiger partial charge is 0.490 e. The van der Waals surface area contributed by atoms with Crippen molar-refractivity contribution in [3.05, 3.63) is 70.5 Å². The van der Waals surface area contributed by atoms with Gasteiger partial charge >= 0.3 is 12.1 Å². The zero-order valence-electron chi connectivity index (χ0n) is 26.9. The van der Waals surface area contributed by atoms with E-state index in [9.17, 15) is 31.9 Å². The van der Waals surface area contributed by atoms with Crippen molar-refractivity contribution in [1.82, 2.24) is 25.8 Å². The van der Waals surface area contributed by atoms with E-state index in [-0.39, 0.29) is 42.0 Å². The molecule has 4 atom stereocenters. The number of piperazine rings is 1. The summed E-state index contributed by atoms with van der Waals surface area (Å²) in [6, 6.07) is 11.9. The number of likely N-dealkylation sites (N-methyl/N-ethyl adjacent to an activating group) is 1. The molecule has 0 spiro atoms. The maximum Gasteiger partial charge on any atom is 0.490 e. The van der Waals surface area contributed by atoms with E-state index in [4.69, 9.17) is 21.5 Å². The maximum atomic E-state index is 14.1. The average Bonchev–Trinajstić information content (AvgIpc) is 3.60. The number of carboxylic acids is 1. The Hall–Kier alpha value is -3.75. The first-order valence-electron chi connectivity index (χ1n) is 15.8. The number of hydrogen-bond donors (Lipinski definition) is 4. The summed E-state index contributed by atoms with van der Waals surface area (Å²) in [7, 11) is 1.63. The summed E-state index contributed by atoms with van der Waals surface area (Å²) in [5, 5.41) is 16.7. The zero-order chi connectivity index (χ0) is 35.4. The van der Waals surface area contributed by atoms with Crippen molar-refractivity contribution in [2.24, 2.45) is 0 Å². The van der Waals surface area contributed by atoms with E-state index in [1.165, 1.54) is 12.1 Å². The van der Waals surface area contributed by atoms with Gasteiger partial charge in [0.05, 0.1) is 12.1 Å². The van der Waals surface area contributed by atoms with E-state index >= 15 is 0 Å². The van der Waals surface area contributed by atoms with Crippen LogP contribution in [0.15, 0.2) is 48.5 Å². The fourth-order valence-electron chi connectivity index (χ4n) is 5.90. The molecule has 0 saturated carbocycles. The van der Waals surface area contributed by atoms with Crippen LogP contribution in [-0.4, -0.2) is 102 Å². The molecule has 3 amide bonds. The number of rotatable bonds is 11. The number of carbonyl (C=O) groups excluding carboxylic acids is 3. The standard InChI is InChI=1S/C31H41ClFN5O3.C2HF3O2/c1-3-7-24-20-37(28(30(40)34-2)19-22-8-4-5-9-25(22)32)16-17-38(24)31(41)27(18-21-11-13-23(33)14-12-21)36-29(39)26-10-6-15-35-26;3-2(4,5)1(6)7/h4-5,8-9,11-14,24,26-28,35H,3,6-7,10,15-20H2,1-2H3,(H,34,40)(H,36,39);(H,6,7). The molecule has 4 unspecified atom stereocenters. The van der Waals surface area contributed by atoms with Gasteiger partial charge in [0, 0.05) is 44.2 Å². The van der Waals surface area contributed by atoms with Crippen molar-refractivity contribution >= 4 is 35.3 Å². The van der Waals surface area contributed by atoms with Crippen molar-refractivity contribution in [2.75, 3.05) is 33.2 Å². The molecular weight excluding hydrogens is 658 g/mol. The van der Waals surface area contributed by atoms with E-state index in [2.05, 4.69) is 27.8 Å². The second-order valence-electron chi connectivity index (χ2n) is 11.7. The highest BCUT2D eigenvalue weighted by Gasteiger charge is 2.39. The van der Waals surface area contributed by atoms with E-state index in [1.807, 2.05) is 29.2 Å². The number of halogens is 5. The van der Waals surface area contributed by atoms with Gasteiger partial charge in [0.15, 0.2) is 0 Å². The van der Waals surface area contributed by atoms with Crippen LogP contribution >= 0.6 is 11.6 Å². The SMILES string of the molecule is CCCC1CN(C(Cc2ccccc2Cl)C(=O)NC)CCN1C(=O)C(Cc1ccc(F)cc1)NC(=O)C1CCCN1.O=C(O)C(F)(F)F. The molecule has 2 aromatic carbocycles. The third-order valence-electron chi connectivity index (χ3n) is 8.37. The molecule has 2 aromatic rings. The molecule has 10 nitrogen and oxygen atoms in total. The van der Waals surface area contributed by atoms with Gasteiger partial charge in [-0.05, 0) is 61.6 Å². The fraction of sp³-hybridized carbons (Fsp3) is 0.515. The molecule has 0 aromatic heterocycles. The lowest BCUT2D eigenvalue weighted by molar-refractivity contribution is -0.192. The Morgan fingerprint density at radius 3 is 2.29 bits per heavy atom. The molecule has 4 N–H and O–H groups in total. The first-order chi connectivity index (χ1) is 22.7. The molecule has 264 valence electrons. The Labute approximate surface area is 282 Å². The molecular formula is C33H42ClF4N5O5. The minimum Gasteiger partial charge on any atom is -0.475 e. The molecule has 2 fully saturated rings. The van der Waals surface area contributed by atoms with Gasteiger partial charge < -0.3 is 26.0 Å². The van der Waals surface area contributed by atoms with E-state index in [1.54, 1.807) is 19.2 Å². The molecule has 0 radical (unpaired) electrons. The van der Waals surface area contributed by atoms with Crippen molar-refractivity contribution < 1.29 is 41.8 Å². The summed E-state index contributed by atoms with van der Waals surface area (Å²) < 4.78 is 45.3. The second-order valence-corrected chi connectivity index (χ2v) is 12.1. The zero-order valence-corrected chi connectivity index (χ0v) is 27.6. The number of hydrogen-bond acceptors (Lipinski definition) is 6. The quantitative estimate of drug-likeness (QED) is 0.264. The van der Waals surface area contributed by atoms with Gasteiger partial charge in [-0.2, -0.15) is 13.2 Å². The van der Waals surface area contributed by atoms with Gasteiger partial charge in [0.2, 0.25) is 17.7 Å². The molecule has 2 aliphatic heterocycles. The molecule has 0 bridgehead atoms. The summed E-state index contributed by atoms with van der Waals surface area (Å²) in [6.07, 6.45) is -1.09. The predicted octanol–water partition coefficient (Wildman–Crippen LogP) is 3.56. The Kier molecular flexibility index (Phi) is 14.6. The third-order valence-corrected chi connectivity index (χ3v) is 8.74. The number of aliphatic carboxylic acids is 1.